The van der Waals surface area contributed by atoms with E-state index in [1.54, 1.807) is 11.3 Å². The minimum atomic E-state index is -0.926. The van der Waals surface area contributed by atoms with Gasteiger partial charge in [0.05, 0.1) is 0 Å². The van der Waals surface area contributed by atoms with Crippen molar-refractivity contribution in [2.75, 3.05) is 0 Å². The van der Waals surface area contributed by atoms with Crippen LogP contribution in [0.15, 0.2) is 22.9 Å². The summed E-state index contributed by atoms with van der Waals surface area (Å²) in [5.74, 6) is -0.926. The van der Waals surface area contributed by atoms with Gasteiger partial charge in [0.15, 0.2) is 0 Å². The molecule has 4 heteroatoms. The molecule has 1 amide bonds. The Bertz CT molecular complexity index is 166. The van der Waals surface area contributed by atoms with Crippen molar-refractivity contribution in [2.24, 2.45) is 5.73 Å². The van der Waals surface area contributed by atoms with E-state index >= 15 is 0 Å². The van der Waals surface area contributed by atoms with E-state index in [-0.39, 0.29) is 6.29 Å². The molecule has 1 aromatic heterocycles. The fraction of sp³-hybridized carbons (Fsp3) is 0. The Morgan fingerprint density at radius 1 is 1.40 bits per heavy atom. The molecular formula is C6H7NO2S. The Kier molecular flexibility index (Phi) is 5.28. The molecule has 0 radical (unpaired) electrons. The molecule has 0 bridgehead atoms. The van der Waals surface area contributed by atoms with Gasteiger partial charge in [-0.25, -0.2) is 0 Å². The normalized spacial score (nSPS) is 7.20. The SMILES string of the molecule is NC(=O)C=O.c1ccsc1. The molecule has 0 aliphatic rings. The smallest absolute Gasteiger partial charge is 0.281 e. The summed E-state index contributed by atoms with van der Waals surface area (Å²) in [7, 11) is 0. The van der Waals surface area contributed by atoms with Crippen molar-refractivity contribution in [2.45, 2.75) is 0 Å². The van der Waals surface area contributed by atoms with Crippen LogP contribution in [0, 0.1) is 0 Å². The summed E-state index contributed by atoms with van der Waals surface area (Å²) in [5, 5.41) is 4.08. The third-order valence-corrected chi connectivity index (χ3v) is 1.17. The first-order chi connectivity index (χ1) is 4.77. The molecule has 0 saturated heterocycles. The molecule has 1 heterocycles. The molecule has 10 heavy (non-hydrogen) atoms. The Labute approximate surface area is 62.5 Å². The molecule has 0 saturated carbocycles. The quantitative estimate of drug-likeness (QED) is 0.474. The fourth-order valence-corrected chi connectivity index (χ4v) is 0.680. The van der Waals surface area contributed by atoms with Gasteiger partial charge in [0, 0.05) is 0 Å². The first-order valence-electron chi connectivity index (χ1n) is 2.49. The van der Waals surface area contributed by atoms with Crippen LogP contribution < -0.4 is 5.73 Å². The molecule has 2 N–H and O–H groups in total. The summed E-state index contributed by atoms with van der Waals surface area (Å²) < 4.78 is 0. The number of rotatable bonds is 1. The highest BCUT2D eigenvalue weighted by Gasteiger charge is 1.76. The summed E-state index contributed by atoms with van der Waals surface area (Å²) in [6.45, 7) is 0. The van der Waals surface area contributed by atoms with Crippen molar-refractivity contribution in [1.29, 1.82) is 0 Å². The van der Waals surface area contributed by atoms with Gasteiger partial charge in [0.2, 0.25) is 6.29 Å². The second-order valence-electron chi connectivity index (χ2n) is 1.31. The molecular weight excluding hydrogens is 150 g/mol. The van der Waals surface area contributed by atoms with Gasteiger partial charge in [0.1, 0.15) is 0 Å². The fourth-order valence-electron chi connectivity index (χ4n) is 0.227. The van der Waals surface area contributed by atoms with E-state index in [1.807, 2.05) is 22.9 Å². The summed E-state index contributed by atoms with van der Waals surface area (Å²) in [4.78, 5) is 18.3. The monoisotopic (exact) mass is 157 g/mol. The third kappa shape index (κ3) is 6.84. The van der Waals surface area contributed by atoms with Crippen LogP contribution in [-0.2, 0) is 9.59 Å². The third-order valence-electron chi connectivity index (χ3n) is 0.542. The van der Waals surface area contributed by atoms with E-state index in [0.717, 1.165) is 0 Å². The van der Waals surface area contributed by atoms with E-state index in [1.165, 1.54) is 0 Å². The zero-order valence-electron chi connectivity index (χ0n) is 5.19. The van der Waals surface area contributed by atoms with Gasteiger partial charge >= 0.3 is 0 Å². The lowest BCUT2D eigenvalue weighted by molar-refractivity contribution is -0.129. The maximum Gasteiger partial charge on any atom is 0.281 e. The van der Waals surface area contributed by atoms with Gasteiger partial charge in [-0.15, -0.1) is 0 Å². The van der Waals surface area contributed by atoms with E-state index in [4.69, 9.17) is 4.79 Å². The van der Waals surface area contributed by atoms with Gasteiger partial charge in [0.25, 0.3) is 5.91 Å². The molecule has 54 valence electrons. The average molecular weight is 157 g/mol. The Hall–Kier alpha value is -1.16. The zero-order chi connectivity index (χ0) is 7.82. The molecule has 0 unspecified atom stereocenters. The summed E-state index contributed by atoms with van der Waals surface area (Å²) >= 11 is 1.71. The number of carbonyl (C=O) groups is 2. The molecule has 0 atom stereocenters. The molecule has 0 spiro atoms. The zero-order valence-corrected chi connectivity index (χ0v) is 6.01. The van der Waals surface area contributed by atoms with Crippen molar-refractivity contribution in [3.05, 3.63) is 22.9 Å². The van der Waals surface area contributed by atoms with Gasteiger partial charge in [-0.05, 0) is 10.8 Å². The van der Waals surface area contributed by atoms with Crippen LogP contribution >= 0.6 is 11.3 Å². The van der Waals surface area contributed by atoms with E-state index < -0.39 is 5.91 Å². The summed E-state index contributed by atoms with van der Waals surface area (Å²) in [5.41, 5.74) is 4.28. The largest absolute Gasteiger partial charge is 0.363 e. The van der Waals surface area contributed by atoms with Crippen molar-refractivity contribution in [3.63, 3.8) is 0 Å². The lowest BCUT2D eigenvalue weighted by Gasteiger charge is -1.60. The highest BCUT2D eigenvalue weighted by Crippen LogP contribution is 1.91. The molecule has 1 aromatic rings. The minimum Gasteiger partial charge on any atom is -0.363 e. The highest BCUT2D eigenvalue weighted by molar-refractivity contribution is 7.07. The van der Waals surface area contributed by atoms with Crippen LogP contribution in [-0.4, -0.2) is 12.2 Å². The number of hydrogen-bond donors (Lipinski definition) is 1. The number of hydrogen-bond acceptors (Lipinski definition) is 3. The molecule has 0 fully saturated rings. The van der Waals surface area contributed by atoms with Crippen LogP contribution in [0.4, 0.5) is 0 Å². The van der Waals surface area contributed by atoms with Crippen LogP contribution in [0.25, 0.3) is 0 Å². The number of nitrogens with two attached hydrogens (primary N) is 1. The van der Waals surface area contributed by atoms with Crippen LogP contribution in [0.3, 0.4) is 0 Å². The number of aldehydes is 1. The lowest BCUT2D eigenvalue weighted by atomic mass is 10.7. The maximum absolute atomic E-state index is 9.22. The van der Waals surface area contributed by atoms with Crippen molar-refractivity contribution >= 4 is 23.5 Å². The maximum atomic E-state index is 9.22. The first-order valence-corrected chi connectivity index (χ1v) is 3.43. The standard InChI is InChI=1S/C4H4S.C2H3NO2/c1-2-4-5-3-1;3-2(5)1-4/h1-4H;1H,(H2,3,5). The van der Waals surface area contributed by atoms with Gasteiger partial charge in [-0.1, -0.05) is 12.1 Å². The highest BCUT2D eigenvalue weighted by atomic mass is 32.1. The number of thiophene rings is 1. The van der Waals surface area contributed by atoms with Crippen LogP contribution in [0.5, 0.6) is 0 Å². The molecule has 3 nitrogen and oxygen atoms in total. The van der Waals surface area contributed by atoms with Gasteiger partial charge in [-0.2, -0.15) is 11.3 Å². The lowest BCUT2D eigenvalue weighted by Crippen LogP contribution is -2.10. The predicted octanol–water partition coefficient (Wildman–Crippen LogP) is 0.419. The Balaban J connectivity index is 0.000000162. The van der Waals surface area contributed by atoms with E-state index in [0.29, 0.717) is 0 Å². The predicted molar refractivity (Wildman–Crippen MR) is 39.6 cm³/mol. The number of carbonyl (C=O) groups excluding carboxylic acids is 2. The first kappa shape index (κ1) is 8.84. The van der Waals surface area contributed by atoms with Crippen molar-refractivity contribution in [1.82, 2.24) is 0 Å². The van der Waals surface area contributed by atoms with Crippen LogP contribution in [0.2, 0.25) is 0 Å². The molecule has 0 aromatic carbocycles. The average Bonchev–Trinajstić information content (AvgIpc) is 2.43. The molecule has 0 aliphatic carbocycles. The molecule has 0 aliphatic heterocycles. The van der Waals surface area contributed by atoms with Crippen molar-refractivity contribution < 1.29 is 9.59 Å². The summed E-state index contributed by atoms with van der Waals surface area (Å²) in [6.07, 6.45) is 0.0556. The van der Waals surface area contributed by atoms with E-state index in [9.17, 15) is 4.79 Å². The van der Waals surface area contributed by atoms with Gasteiger partial charge in [-0.3, -0.25) is 9.59 Å². The van der Waals surface area contributed by atoms with E-state index in [2.05, 4.69) is 5.73 Å². The van der Waals surface area contributed by atoms with Gasteiger partial charge < -0.3 is 5.73 Å². The second-order valence-corrected chi connectivity index (χ2v) is 2.13. The van der Waals surface area contributed by atoms with Crippen LogP contribution in [0.1, 0.15) is 0 Å². The number of amides is 1. The number of primary amides is 1. The molecule has 1 rings (SSSR count). The Morgan fingerprint density at radius 2 is 1.80 bits per heavy atom. The minimum absolute atomic E-state index is 0.0556. The topological polar surface area (TPSA) is 60.2 Å². The second kappa shape index (κ2) is 5.97. The summed E-state index contributed by atoms with van der Waals surface area (Å²) in [6, 6.07) is 4.04. The van der Waals surface area contributed by atoms with Crippen molar-refractivity contribution in [3.8, 4) is 0 Å². The Morgan fingerprint density at radius 3 is 1.90 bits per heavy atom.